The molecule has 3 aromatic carbocycles. The SMILES string of the molecule is CC(C)(C)c1ccc(C(=O)NCC(=O)OCc2cccc(Oc3ccc([N+](=O)[O-])cc3)c2)cc1. The Morgan fingerprint density at radius 3 is 2.24 bits per heavy atom. The molecule has 0 heterocycles. The van der Waals surface area contributed by atoms with E-state index in [2.05, 4.69) is 26.1 Å². The van der Waals surface area contributed by atoms with Crippen LogP contribution in [0.25, 0.3) is 0 Å². The minimum Gasteiger partial charge on any atom is -0.460 e. The lowest BCUT2D eigenvalue weighted by molar-refractivity contribution is -0.384. The molecular formula is C26H26N2O6. The van der Waals surface area contributed by atoms with Gasteiger partial charge in [0.15, 0.2) is 0 Å². The second-order valence-electron chi connectivity index (χ2n) is 8.67. The zero-order chi connectivity index (χ0) is 24.7. The largest absolute Gasteiger partial charge is 0.460 e. The Bertz CT molecular complexity index is 1170. The lowest BCUT2D eigenvalue weighted by Gasteiger charge is -2.19. The maximum absolute atomic E-state index is 12.3. The number of nitro groups is 1. The van der Waals surface area contributed by atoms with Crippen LogP contribution in [0.5, 0.6) is 11.5 Å². The summed E-state index contributed by atoms with van der Waals surface area (Å²) in [4.78, 5) is 34.6. The van der Waals surface area contributed by atoms with Crippen molar-refractivity contribution in [3.63, 3.8) is 0 Å². The number of hydrogen-bond donors (Lipinski definition) is 1. The molecule has 0 spiro atoms. The summed E-state index contributed by atoms with van der Waals surface area (Å²) in [6.45, 7) is 6.03. The zero-order valence-corrected chi connectivity index (χ0v) is 19.2. The minimum absolute atomic E-state index is 0.00639. The number of rotatable bonds is 8. The first-order valence-electron chi connectivity index (χ1n) is 10.7. The van der Waals surface area contributed by atoms with Gasteiger partial charge in [0, 0.05) is 17.7 Å². The molecule has 0 saturated carbocycles. The van der Waals surface area contributed by atoms with E-state index in [1.807, 2.05) is 12.1 Å². The minimum atomic E-state index is -0.568. The number of nitro benzene ring substituents is 1. The van der Waals surface area contributed by atoms with Crippen molar-refractivity contribution in [3.8, 4) is 11.5 Å². The molecule has 34 heavy (non-hydrogen) atoms. The van der Waals surface area contributed by atoms with Crippen molar-refractivity contribution in [2.45, 2.75) is 32.8 Å². The van der Waals surface area contributed by atoms with Crippen molar-refractivity contribution in [2.75, 3.05) is 6.54 Å². The Morgan fingerprint density at radius 1 is 0.941 bits per heavy atom. The van der Waals surface area contributed by atoms with Crippen LogP contribution in [0.3, 0.4) is 0 Å². The molecule has 0 saturated heterocycles. The van der Waals surface area contributed by atoms with Gasteiger partial charge in [0.05, 0.1) is 4.92 Å². The summed E-state index contributed by atoms with van der Waals surface area (Å²) in [5.74, 6) is 0.0182. The van der Waals surface area contributed by atoms with Gasteiger partial charge in [-0.25, -0.2) is 0 Å². The predicted octanol–water partition coefficient (Wildman–Crippen LogP) is 5.16. The van der Waals surface area contributed by atoms with Crippen molar-refractivity contribution in [1.82, 2.24) is 5.32 Å². The monoisotopic (exact) mass is 462 g/mol. The first kappa shape index (κ1) is 24.4. The highest BCUT2D eigenvalue weighted by Gasteiger charge is 2.15. The van der Waals surface area contributed by atoms with E-state index in [4.69, 9.17) is 9.47 Å². The molecule has 3 rings (SSSR count). The molecule has 0 unspecified atom stereocenters. The number of esters is 1. The van der Waals surface area contributed by atoms with E-state index >= 15 is 0 Å². The fourth-order valence-electron chi connectivity index (χ4n) is 3.06. The zero-order valence-electron chi connectivity index (χ0n) is 19.2. The van der Waals surface area contributed by atoms with Gasteiger partial charge in [0.25, 0.3) is 11.6 Å². The van der Waals surface area contributed by atoms with Crippen molar-refractivity contribution in [3.05, 3.63) is 99.6 Å². The molecule has 1 N–H and O–H groups in total. The van der Waals surface area contributed by atoms with Crippen LogP contribution >= 0.6 is 0 Å². The Labute approximate surface area is 197 Å². The number of nitrogens with zero attached hydrogens (tertiary/aromatic N) is 1. The topological polar surface area (TPSA) is 108 Å². The molecule has 8 heteroatoms. The molecule has 0 atom stereocenters. The van der Waals surface area contributed by atoms with Gasteiger partial charge >= 0.3 is 5.97 Å². The number of carbonyl (C=O) groups is 2. The van der Waals surface area contributed by atoms with Crippen LogP contribution in [0, 0.1) is 10.1 Å². The smallest absolute Gasteiger partial charge is 0.325 e. The highest BCUT2D eigenvalue weighted by molar-refractivity contribution is 5.95. The maximum Gasteiger partial charge on any atom is 0.325 e. The molecule has 8 nitrogen and oxygen atoms in total. The average molecular weight is 463 g/mol. The molecule has 176 valence electrons. The number of non-ortho nitro benzene ring substituents is 1. The number of nitrogens with one attached hydrogen (secondary N) is 1. The van der Waals surface area contributed by atoms with Gasteiger partial charge in [-0.3, -0.25) is 19.7 Å². The van der Waals surface area contributed by atoms with Crippen LogP contribution in [0.2, 0.25) is 0 Å². The highest BCUT2D eigenvalue weighted by atomic mass is 16.6. The third-order valence-corrected chi connectivity index (χ3v) is 4.99. The van der Waals surface area contributed by atoms with Crippen LogP contribution in [-0.2, 0) is 21.6 Å². The number of carbonyl (C=O) groups excluding carboxylic acids is 2. The van der Waals surface area contributed by atoms with Gasteiger partial charge < -0.3 is 14.8 Å². The second-order valence-corrected chi connectivity index (χ2v) is 8.67. The quantitative estimate of drug-likeness (QED) is 0.282. The molecule has 0 aliphatic heterocycles. The number of hydrogen-bond acceptors (Lipinski definition) is 6. The van der Waals surface area contributed by atoms with Crippen LogP contribution in [0.1, 0.15) is 42.3 Å². The van der Waals surface area contributed by atoms with E-state index in [1.54, 1.807) is 36.4 Å². The van der Waals surface area contributed by atoms with Crippen LogP contribution in [0.4, 0.5) is 5.69 Å². The van der Waals surface area contributed by atoms with E-state index in [1.165, 1.54) is 24.3 Å². The lowest BCUT2D eigenvalue weighted by Crippen LogP contribution is -2.30. The van der Waals surface area contributed by atoms with Crippen LogP contribution < -0.4 is 10.1 Å². The molecule has 3 aromatic rings. The molecule has 1 amide bonds. The summed E-state index contributed by atoms with van der Waals surface area (Å²) in [5, 5.41) is 13.3. The van der Waals surface area contributed by atoms with Gasteiger partial charge in [-0.15, -0.1) is 0 Å². The summed E-state index contributed by atoms with van der Waals surface area (Å²) < 4.78 is 10.9. The van der Waals surface area contributed by atoms with Crippen molar-refractivity contribution >= 4 is 17.6 Å². The van der Waals surface area contributed by atoms with Gasteiger partial charge in [-0.05, 0) is 52.9 Å². The van der Waals surface area contributed by atoms with Gasteiger partial charge in [-0.2, -0.15) is 0 Å². The van der Waals surface area contributed by atoms with Gasteiger partial charge in [0.1, 0.15) is 24.7 Å². The highest BCUT2D eigenvalue weighted by Crippen LogP contribution is 2.25. The first-order valence-corrected chi connectivity index (χ1v) is 10.7. The standard InChI is InChI=1S/C26H26N2O6/c1-26(2,3)20-9-7-19(8-10-20)25(30)27-16-24(29)33-17-18-5-4-6-23(15-18)34-22-13-11-21(12-14-22)28(31)32/h4-15H,16-17H2,1-3H3,(H,27,30). The first-order chi connectivity index (χ1) is 16.1. The van der Waals surface area contributed by atoms with E-state index in [0.717, 1.165) is 5.56 Å². The van der Waals surface area contributed by atoms with E-state index < -0.39 is 10.9 Å². The molecule has 0 fully saturated rings. The average Bonchev–Trinajstić information content (AvgIpc) is 2.81. The molecule has 0 aliphatic rings. The van der Waals surface area contributed by atoms with E-state index in [9.17, 15) is 19.7 Å². The number of ether oxygens (including phenoxy) is 2. The lowest BCUT2D eigenvalue weighted by atomic mass is 9.87. The Balaban J connectivity index is 1.48. The normalized spacial score (nSPS) is 10.9. The van der Waals surface area contributed by atoms with Crippen molar-refractivity contribution in [2.24, 2.45) is 0 Å². The Morgan fingerprint density at radius 2 is 1.62 bits per heavy atom. The summed E-state index contributed by atoms with van der Waals surface area (Å²) in [5.41, 5.74) is 2.24. The molecule has 0 radical (unpaired) electrons. The fraction of sp³-hybridized carbons (Fsp3) is 0.231. The van der Waals surface area contributed by atoms with Gasteiger partial charge in [0.2, 0.25) is 0 Å². The summed E-state index contributed by atoms with van der Waals surface area (Å²) >= 11 is 0. The third kappa shape index (κ3) is 6.90. The van der Waals surface area contributed by atoms with Gasteiger partial charge in [-0.1, -0.05) is 45.0 Å². The molecular weight excluding hydrogens is 436 g/mol. The number of amides is 1. The van der Waals surface area contributed by atoms with E-state index in [-0.39, 0.29) is 30.2 Å². The summed E-state index contributed by atoms with van der Waals surface area (Å²) in [6, 6.07) is 19.9. The van der Waals surface area contributed by atoms with Crippen LogP contribution in [-0.4, -0.2) is 23.3 Å². The fourth-order valence-corrected chi connectivity index (χ4v) is 3.06. The summed E-state index contributed by atoms with van der Waals surface area (Å²) in [6.07, 6.45) is 0. The third-order valence-electron chi connectivity index (χ3n) is 4.99. The molecule has 0 bridgehead atoms. The second kappa shape index (κ2) is 10.6. The molecule has 0 aromatic heterocycles. The number of benzene rings is 3. The van der Waals surface area contributed by atoms with Crippen molar-refractivity contribution < 1.29 is 24.0 Å². The Hall–Kier alpha value is -4.20. The van der Waals surface area contributed by atoms with E-state index in [0.29, 0.717) is 22.6 Å². The molecule has 0 aliphatic carbocycles. The maximum atomic E-state index is 12.3. The summed E-state index contributed by atoms with van der Waals surface area (Å²) in [7, 11) is 0. The van der Waals surface area contributed by atoms with Crippen LogP contribution in [0.15, 0.2) is 72.8 Å². The van der Waals surface area contributed by atoms with Crippen molar-refractivity contribution in [1.29, 1.82) is 0 Å². The Kier molecular flexibility index (Phi) is 7.63. The predicted molar refractivity (Wildman–Crippen MR) is 127 cm³/mol.